The third-order valence-corrected chi connectivity index (χ3v) is 5.24. The van der Waals surface area contributed by atoms with Crippen molar-refractivity contribution in [3.63, 3.8) is 0 Å². The molecule has 0 saturated carbocycles. The highest BCUT2D eigenvalue weighted by atomic mass is 127. The van der Waals surface area contributed by atoms with Crippen molar-refractivity contribution in [2.24, 2.45) is 4.99 Å². The number of rotatable bonds is 9. The van der Waals surface area contributed by atoms with Crippen molar-refractivity contribution in [3.8, 4) is 5.75 Å². The van der Waals surface area contributed by atoms with Crippen LogP contribution in [0.25, 0.3) is 0 Å². The number of nitrogens with zero attached hydrogens (tertiary/aromatic N) is 3. The second-order valence-electron chi connectivity index (χ2n) is 6.41. The van der Waals surface area contributed by atoms with Crippen LogP contribution in [0.2, 0.25) is 0 Å². The number of aliphatic imine (C=N–C) groups is 1. The van der Waals surface area contributed by atoms with E-state index in [9.17, 15) is 4.79 Å². The van der Waals surface area contributed by atoms with Crippen LogP contribution in [0.4, 0.5) is 0 Å². The molecule has 0 spiro atoms. The Kier molecular flexibility index (Phi) is 11.6. The van der Waals surface area contributed by atoms with Gasteiger partial charge in [-0.2, -0.15) is 0 Å². The van der Waals surface area contributed by atoms with Gasteiger partial charge in [0.05, 0.1) is 13.7 Å². The van der Waals surface area contributed by atoms with E-state index < -0.39 is 0 Å². The van der Waals surface area contributed by atoms with E-state index in [1.807, 2.05) is 30.5 Å². The van der Waals surface area contributed by atoms with Gasteiger partial charge >= 0.3 is 0 Å². The van der Waals surface area contributed by atoms with E-state index in [-0.39, 0.29) is 36.4 Å². The topological polar surface area (TPSA) is 78.9 Å². The maximum Gasteiger partial charge on any atom is 0.243 e. The van der Waals surface area contributed by atoms with Crippen LogP contribution in [0.15, 0.2) is 35.5 Å². The fourth-order valence-corrected chi connectivity index (χ4v) is 3.13. The lowest BCUT2D eigenvalue weighted by Crippen LogP contribution is -2.39. The van der Waals surface area contributed by atoms with Crippen LogP contribution in [0, 0.1) is 0 Å². The van der Waals surface area contributed by atoms with Crippen molar-refractivity contribution in [2.75, 3.05) is 34.3 Å². The number of amides is 1. The molecule has 2 N–H and O–H groups in total. The minimum atomic E-state index is -0.0428. The molecular weight excluding hydrogens is 501 g/mol. The lowest BCUT2D eigenvalue weighted by atomic mass is 10.1. The zero-order valence-electron chi connectivity index (χ0n) is 17.4. The first-order valence-corrected chi connectivity index (χ1v) is 10.1. The van der Waals surface area contributed by atoms with Crippen molar-refractivity contribution in [1.82, 2.24) is 20.5 Å². The third kappa shape index (κ3) is 8.99. The van der Waals surface area contributed by atoms with Gasteiger partial charge in [-0.25, -0.2) is 9.98 Å². The number of aryl methyl sites for hydroxylation is 1. The summed E-state index contributed by atoms with van der Waals surface area (Å²) in [6, 6.07) is 7.99. The number of ether oxygens (including phenoxy) is 1. The summed E-state index contributed by atoms with van der Waals surface area (Å²) in [5, 5.41) is 7.56. The molecule has 9 heteroatoms. The molecule has 0 atom stereocenters. The fourth-order valence-electron chi connectivity index (χ4n) is 2.33. The number of methoxy groups -OCH3 is 1. The number of likely N-dealkylation sites (N-methyl/N-ethyl adjacent to an activating group) is 1. The van der Waals surface area contributed by atoms with Crippen LogP contribution in [-0.2, 0) is 24.2 Å². The molecule has 0 saturated heterocycles. The molecule has 7 nitrogen and oxygen atoms in total. The predicted octanol–water partition coefficient (Wildman–Crippen LogP) is 2.70. The minimum Gasteiger partial charge on any atom is -0.497 e. The zero-order chi connectivity index (χ0) is 20.4. The first kappa shape index (κ1) is 25.2. The molecule has 0 radical (unpaired) electrons. The number of carbonyl (C=O) groups is 1. The first-order valence-electron chi connectivity index (χ1n) is 9.30. The summed E-state index contributed by atoms with van der Waals surface area (Å²) in [4.78, 5) is 23.5. The molecule has 0 aliphatic heterocycles. The van der Waals surface area contributed by atoms with Crippen LogP contribution in [0.3, 0.4) is 0 Å². The van der Waals surface area contributed by atoms with Gasteiger partial charge in [0.1, 0.15) is 17.3 Å². The quantitative estimate of drug-likeness (QED) is 0.296. The van der Waals surface area contributed by atoms with Crippen molar-refractivity contribution in [2.45, 2.75) is 26.3 Å². The molecule has 0 aliphatic carbocycles. The number of benzene rings is 1. The lowest BCUT2D eigenvalue weighted by molar-refractivity contribution is -0.127. The summed E-state index contributed by atoms with van der Waals surface area (Å²) in [5.41, 5.74) is 1.20. The number of hydrogen-bond acceptors (Lipinski definition) is 5. The van der Waals surface area contributed by atoms with E-state index in [1.54, 1.807) is 32.5 Å². The van der Waals surface area contributed by atoms with Crippen molar-refractivity contribution in [3.05, 3.63) is 45.9 Å². The standard InChI is InChI=1S/C20H29N5O2S.HI/c1-5-17-12-22-18(28-17)13-23-20(24-14-19(26)25(2)3)21-11-10-15-6-8-16(27-4)9-7-15;/h6-9,12H,5,10-11,13-14H2,1-4H3,(H2,21,23,24);1H. The SMILES string of the molecule is CCc1cnc(CNC(=NCC(=O)N(C)C)NCCc2ccc(OC)cc2)s1.I. The van der Waals surface area contributed by atoms with E-state index >= 15 is 0 Å². The highest BCUT2D eigenvalue weighted by Crippen LogP contribution is 2.13. The lowest BCUT2D eigenvalue weighted by Gasteiger charge is -2.13. The number of hydrogen-bond donors (Lipinski definition) is 2. The predicted molar refractivity (Wildman–Crippen MR) is 129 cm³/mol. The molecule has 0 fully saturated rings. The Morgan fingerprint density at radius 1 is 1.24 bits per heavy atom. The van der Waals surface area contributed by atoms with Gasteiger partial charge in [-0.15, -0.1) is 35.3 Å². The second kappa shape index (κ2) is 13.4. The molecule has 0 aliphatic rings. The number of carbonyl (C=O) groups excluding carboxylic acids is 1. The number of aromatic nitrogens is 1. The average Bonchev–Trinajstić information content (AvgIpc) is 3.17. The monoisotopic (exact) mass is 531 g/mol. The van der Waals surface area contributed by atoms with E-state index in [0.29, 0.717) is 19.0 Å². The average molecular weight is 531 g/mol. The van der Waals surface area contributed by atoms with Crippen molar-refractivity contribution < 1.29 is 9.53 Å². The van der Waals surface area contributed by atoms with E-state index in [2.05, 4.69) is 27.5 Å². The number of guanidine groups is 1. The highest BCUT2D eigenvalue weighted by molar-refractivity contribution is 14.0. The van der Waals surface area contributed by atoms with Gasteiger partial charge in [-0.1, -0.05) is 19.1 Å². The summed E-state index contributed by atoms with van der Waals surface area (Å²) in [5.74, 6) is 1.41. The van der Waals surface area contributed by atoms with Crippen LogP contribution >= 0.6 is 35.3 Å². The van der Waals surface area contributed by atoms with Gasteiger partial charge in [-0.3, -0.25) is 4.79 Å². The maximum atomic E-state index is 11.9. The third-order valence-electron chi connectivity index (χ3n) is 4.09. The Morgan fingerprint density at radius 2 is 1.97 bits per heavy atom. The molecular formula is C20H30IN5O2S. The molecule has 29 heavy (non-hydrogen) atoms. The summed E-state index contributed by atoms with van der Waals surface area (Å²) >= 11 is 1.68. The number of nitrogens with one attached hydrogen (secondary N) is 2. The van der Waals surface area contributed by atoms with Crippen molar-refractivity contribution in [1.29, 1.82) is 0 Å². The normalized spacial score (nSPS) is 10.8. The second-order valence-corrected chi connectivity index (χ2v) is 7.61. The molecule has 2 rings (SSSR count). The van der Waals surface area contributed by atoms with Crippen LogP contribution in [0.5, 0.6) is 5.75 Å². The van der Waals surface area contributed by atoms with Gasteiger partial charge in [0, 0.05) is 31.7 Å². The number of halogens is 1. The molecule has 0 unspecified atom stereocenters. The summed E-state index contributed by atoms with van der Waals surface area (Å²) in [7, 11) is 5.11. The van der Waals surface area contributed by atoms with E-state index in [4.69, 9.17) is 4.74 Å². The zero-order valence-corrected chi connectivity index (χ0v) is 20.5. The summed E-state index contributed by atoms with van der Waals surface area (Å²) in [6.07, 6.45) is 3.73. The number of thiazole rings is 1. The fraction of sp³-hybridized carbons (Fsp3) is 0.450. The van der Waals surface area contributed by atoms with Gasteiger partial charge in [-0.05, 0) is 30.5 Å². The van der Waals surface area contributed by atoms with Gasteiger partial charge in [0.25, 0.3) is 0 Å². The maximum absolute atomic E-state index is 11.9. The van der Waals surface area contributed by atoms with Gasteiger partial charge < -0.3 is 20.3 Å². The molecule has 1 aromatic heterocycles. The molecule has 1 amide bonds. The van der Waals surface area contributed by atoms with E-state index in [1.165, 1.54) is 15.3 Å². The Labute approximate surface area is 194 Å². The minimum absolute atomic E-state index is 0. The largest absolute Gasteiger partial charge is 0.497 e. The highest BCUT2D eigenvalue weighted by Gasteiger charge is 2.06. The van der Waals surface area contributed by atoms with Gasteiger partial charge in [0.2, 0.25) is 5.91 Å². The Hall–Kier alpha value is -1.88. The Bertz CT molecular complexity index is 777. The first-order chi connectivity index (χ1) is 13.5. The van der Waals surface area contributed by atoms with Crippen LogP contribution < -0.4 is 15.4 Å². The van der Waals surface area contributed by atoms with Crippen LogP contribution in [-0.4, -0.2) is 56.0 Å². The molecule has 160 valence electrons. The smallest absolute Gasteiger partial charge is 0.243 e. The van der Waals surface area contributed by atoms with E-state index in [0.717, 1.165) is 23.6 Å². The summed E-state index contributed by atoms with van der Waals surface area (Å²) in [6.45, 7) is 3.50. The Morgan fingerprint density at radius 3 is 2.55 bits per heavy atom. The summed E-state index contributed by atoms with van der Waals surface area (Å²) < 4.78 is 5.18. The van der Waals surface area contributed by atoms with Crippen LogP contribution in [0.1, 0.15) is 22.4 Å². The molecule has 2 aromatic rings. The molecule has 1 aromatic carbocycles. The molecule has 1 heterocycles. The Balaban J connectivity index is 0.00000420. The van der Waals surface area contributed by atoms with Gasteiger partial charge in [0.15, 0.2) is 5.96 Å². The molecule has 0 bridgehead atoms. The van der Waals surface area contributed by atoms with Crippen molar-refractivity contribution >= 4 is 47.2 Å².